The maximum atomic E-state index is 9.20. The Morgan fingerprint density at radius 2 is 0.815 bits per heavy atom. The number of hydrogen-bond acceptors (Lipinski definition) is 7. The highest BCUT2D eigenvalue weighted by Crippen LogP contribution is 2.03. The van der Waals surface area contributed by atoms with Crippen molar-refractivity contribution in [1.82, 2.24) is 0 Å². The first-order chi connectivity index (χ1) is 12.7. The smallest absolute Gasteiger partial charge is 0.0781 e. The Morgan fingerprint density at radius 3 is 1.11 bits per heavy atom. The van der Waals surface area contributed by atoms with E-state index in [0.717, 1.165) is 0 Å². The third-order valence-electron chi connectivity index (χ3n) is 3.64. The lowest BCUT2D eigenvalue weighted by atomic mass is 10.3. The molecule has 0 fully saturated rings. The molecule has 0 radical (unpaired) electrons. The Hall–Kier alpha value is -0.280. The van der Waals surface area contributed by atoms with Gasteiger partial charge in [0.15, 0.2) is 0 Å². The molecule has 0 rings (SSSR count). The van der Waals surface area contributed by atoms with E-state index >= 15 is 0 Å². The molecule has 7 heteroatoms. The first kappa shape index (κ1) is 26.7. The zero-order valence-corrected chi connectivity index (χ0v) is 18.3. The van der Waals surface area contributed by atoms with E-state index in [0.29, 0.717) is 46.2 Å². The highest BCUT2D eigenvalue weighted by molar-refractivity contribution is 4.58. The second-order valence-corrected chi connectivity index (χ2v) is 7.23. The maximum absolute atomic E-state index is 9.20. The number of rotatable bonds is 18. The van der Waals surface area contributed by atoms with Crippen LogP contribution in [-0.2, 0) is 28.4 Å². The molecule has 0 aromatic heterocycles. The molecular weight excluding hydrogens is 352 g/mol. The van der Waals surface area contributed by atoms with Crippen molar-refractivity contribution in [2.75, 3.05) is 46.2 Å². The molecule has 7 nitrogen and oxygen atoms in total. The average molecular weight is 395 g/mol. The van der Waals surface area contributed by atoms with Crippen LogP contribution in [0.5, 0.6) is 0 Å². The zero-order chi connectivity index (χ0) is 20.7. The van der Waals surface area contributed by atoms with E-state index in [9.17, 15) is 5.11 Å². The molecule has 164 valence electrons. The lowest BCUT2D eigenvalue weighted by molar-refractivity contribution is -0.102. The summed E-state index contributed by atoms with van der Waals surface area (Å²) >= 11 is 0. The minimum absolute atomic E-state index is 0.000662. The molecule has 0 heterocycles. The standard InChI is InChI=1S/C20H42O7/c1-8-22-10-16(3)24-12-18(5)26-14-20(7)27-13-19(6)25-11-17(4)23-9-15(2)21/h15-21H,8-14H2,1-7H3. The summed E-state index contributed by atoms with van der Waals surface area (Å²) in [5, 5.41) is 9.20. The Bertz CT molecular complexity index is 327. The molecule has 0 aromatic rings. The van der Waals surface area contributed by atoms with Gasteiger partial charge in [-0.15, -0.1) is 0 Å². The van der Waals surface area contributed by atoms with Crippen LogP contribution in [0, 0.1) is 0 Å². The summed E-state index contributed by atoms with van der Waals surface area (Å²) < 4.78 is 33.7. The number of aliphatic hydroxyl groups excluding tert-OH is 1. The third kappa shape index (κ3) is 17.5. The van der Waals surface area contributed by atoms with Crippen LogP contribution < -0.4 is 0 Å². The van der Waals surface area contributed by atoms with Gasteiger partial charge in [0.25, 0.3) is 0 Å². The van der Waals surface area contributed by atoms with Crippen molar-refractivity contribution in [3.05, 3.63) is 0 Å². The van der Waals surface area contributed by atoms with Gasteiger partial charge in [0.2, 0.25) is 0 Å². The SMILES string of the molecule is CCOCC(C)OCC(C)OCC(C)OCC(C)OCC(C)OCC(C)O. The van der Waals surface area contributed by atoms with Gasteiger partial charge in [-0.1, -0.05) is 0 Å². The highest BCUT2D eigenvalue weighted by atomic mass is 16.6. The van der Waals surface area contributed by atoms with Crippen molar-refractivity contribution < 1.29 is 33.5 Å². The van der Waals surface area contributed by atoms with E-state index in [2.05, 4.69) is 0 Å². The summed E-state index contributed by atoms with van der Waals surface area (Å²) in [7, 11) is 0. The molecule has 0 spiro atoms. The van der Waals surface area contributed by atoms with Crippen LogP contribution >= 0.6 is 0 Å². The van der Waals surface area contributed by atoms with Gasteiger partial charge in [0, 0.05) is 6.61 Å². The van der Waals surface area contributed by atoms with Gasteiger partial charge < -0.3 is 33.5 Å². The van der Waals surface area contributed by atoms with Crippen LogP contribution in [0.15, 0.2) is 0 Å². The number of aliphatic hydroxyl groups is 1. The van der Waals surface area contributed by atoms with Gasteiger partial charge in [-0.25, -0.2) is 0 Å². The van der Waals surface area contributed by atoms with Crippen LogP contribution in [0.2, 0.25) is 0 Å². The van der Waals surface area contributed by atoms with Crippen molar-refractivity contribution >= 4 is 0 Å². The fraction of sp³-hybridized carbons (Fsp3) is 1.00. The van der Waals surface area contributed by atoms with Gasteiger partial charge >= 0.3 is 0 Å². The Balaban J connectivity index is 3.72. The molecule has 0 amide bonds. The monoisotopic (exact) mass is 394 g/mol. The van der Waals surface area contributed by atoms with Gasteiger partial charge in [0.1, 0.15) is 0 Å². The van der Waals surface area contributed by atoms with E-state index in [1.165, 1.54) is 0 Å². The second kappa shape index (κ2) is 16.7. The minimum atomic E-state index is -0.463. The normalized spacial score (nSPS) is 18.7. The molecule has 0 aliphatic rings. The van der Waals surface area contributed by atoms with E-state index in [1.54, 1.807) is 6.92 Å². The predicted molar refractivity (Wildman–Crippen MR) is 105 cm³/mol. The summed E-state index contributed by atoms with van der Waals surface area (Å²) in [5.74, 6) is 0. The van der Waals surface area contributed by atoms with E-state index < -0.39 is 6.10 Å². The lowest BCUT2D eigenvalue weighted by Crippen LogP contribution is -2.29. The van der Waals surface area contributed by atoms with Gasteiger partial charge in [-0.2, -0.15) is 0 Å². The average Bonchev–Trinajstić information content (AvgIpc) is 2.63. The van der Waals surface area contributed by atoms with Gasteiger partial charge in [-0.3, -0.25) is 0 Å². The van der Waals surface area contributed by atoms with Crippen LogP contribution in [-0.4, -0.2) is 88.0 Å². The topological polar surface area (TPSA) is 75.6 Å². The lowest BCUT2D eigenvalue weighted by Gasteiger charge is -2.22. The van der Waals surface area contributed by atoms with Crippen molar-refractivity contribution in [1.29, 1.82) is 0 Å². The number of hydrogen-bond donors (Lipinski definition) is 1. The first-order valence-electron chi connectivity index (χ1n) is 10.1. The summed E-state index contributed by atoms with van der Waals surface area (Å²) in [4.78, 5) is 0. The highest BCUT2D eigenvalue weighted by Gasteiger charge is 2.12. The fourth-order valence-electron chi connectivity index (χ4n) is 2.03. The molecule has 0 saturated heterocycles. The summed E-state index contributed by atoms with van der Waals surface area (Å²) in [6.45, 7) is 17.1. The third-order valence-corrected chi connectivity index (χ3v) is 3.64. The maximum Gasteiger partial charge on any atom is 0.0781 e. The zero-order valence-electron chi connectivity index (χ0n) is 18.3. The molecule has 0 aliphatic carbocycles. The molecule has 0 aliphatic heterocycles. The Kier molecular flexibility index (Phi) is 16.5. The van der Waals surface area contributed by atoms with Gasteiger partial charge in [0.05, 0.1) is 76.3 Å². The molecule has 0 saturated carbocycles. The molecule has 6 atom stereocenters. The van der Waals surface area contributed by atoms with Crippen LogP contribution in [0.25, 0.3) is 0 Å². The van der Waals surface area contributed by atoms with Crippen LogP contribution in [0.4, 0.5) is 0 Å². The molecule has 1 N–H and O–H groups in total. The summed E-state index contributed by atoms with van der Waals surface area (Å²) in [6, 6.07) is 0. The first-order valence-corrected chi connectivity index (χ1v) is 10.1. The Labute approximate surface area is 165 Å². The van der Waals surface area contributed by atoms with Crippen LogP contribution in [0.3, 0.4) is 0 Å². The molecule has 6 unspecified atom stereocenters. The largest absolute Gasteiger partial charge is 0.391 e. The fourth-order valence-corrected chi connectivity index (χ4v) is 2.03. The molecule has 0 bridgehead atoms. The van der Waals surface area contributed by atoms with Crippen molar-refractivity contribution in [3.8, 4) is 0 Å². The van der Waals surface area contributed by atoms with E-state index in [-0.39, 0.29) is 30.5 Å². The van der Waals surface area contributed by atoms with Gasteiger partial charge in [-0.05, 0) is 48.5 Å². The van der Waals surface area contributed by atoms with E-state index in [1.807, 2.05) is 41.5 Å². The number of ether oxygens (including phenoxy) is 6. The summed E-state index contributed by atoms with van der Waals surface area (Å²) in [5.41, 5.74) is 0. The molecule has 0 aromatic carbocycles. The predicted octanol–water partition coefficient (Wildman–Crippen LogP) is 2.43. The molecule has 27 heavy (non-hydrogen) atoms. The minimum Gasteiger partial charge on any atom is -0.391 e. The van der Waals surface area contributed by atoms with Crippen molar-refractivity contribution in [3.63, 3.8) is 0 Å². The Morgan fingerprint density at radius 1 is 0.519 bits per heavy atom. The van der Waals surface area contributed by atoms with Crippen molar-refractivity contribution in [2.45, 2.75) is 85.1 Å². The van der Waals surface area contributed by atoms with Crippen molar-refractivity contribution in [2.24, 2.45) is 0 Å². The molecular formula is C20H42O7. The van der Waals surface area contributed by atoms with E-state index in [4.69, 9.17) is 28.4 Å². The quantitative estimate of drug-likeness (QED) is 0.383. The second-order valence-electron chi connectivity index (χ2n) is 7.23. The summed E-state index contributed by atoms with van der Waals surface area (Å²) in [6.07, 6.45) is -0.521. The van der Waals surface area contributed by atoms with Crippen LogP contribution in [0.1, 0.15) is 48.5 Å².